The van der Waals surface area contributed by atoms with E-state index in [0.29, 0.717) is 11.7 Å². The second-order valence-corrected chi connectivity index (χ2v) is 4.09. The van der Waals surface area contributed by atoms with E-state index in [1.807, 2.05) is 24.3 Å². The van der Waals surface area contributed by atoms with Crippen molar-refractivity contribution in [2.75, 3.05) is 5.32 Å². The van der Waals surface area contributed by atoms with Crippen molar-refractivity contribution in [1.29, 1.82) is 0 Å². The lowest BCUT2D eigenvalue weighted by Gasteiger charge is -2.13. The zero-order chi connectivity index (χ0) is 12.3. The fourth-order valence-corrected chi connectivity index (χ4v) is 1.65. The summed E-state index contributed by atoms with van der Waals surface area (Å²) in [6.07, 6.45) is 1.20. The van der Waals surface area contributed by atoms with Crippen molar-refractivity contribution in [3.05, 3.63) is 48.2 Å². The summed E-state index contributed by atoms with van der Waals surface area (Å²) in [5.41, 5.74) is 2.12. The van der Waals surface area contributed by atoms with Gasteiger partial charge in [0.25, 0.3) is 0 Å². The summed E-state index contributed by atoms with van der Waals surface area (Å²) in [5, 5.41) is 3.10. The SMILES string of the molecule is CC(C)c1ccccc1Nc1cc(F)ncn1. The molecule has 0 amide bonds. The van der Waals surface area contributed by atoms with E-state index in [-0.39, 0.29) is 0 Å². The molecule has 1 heterocycles. The van der Waals surface area contributed by atoms with Crippen LogP contribution in [-0.4, -0.2) is 9.97 Å². The standard InChI is InChI=1S/C13H14FN3/c1-9(2)10-5-3-4-6-11(10)17-13-7-12(14)15-8-16-13/h3-9H,1-2H3,(H,15,16,17). The van der Waals surface area contributed by atoms with Crippen molar-refractivity contribution in [1.82, 2.24) is 9.97 Å². The Balaban J connectivity index is 2.30. The van der Waals surface area contributed by atoms with Crippen LogP contribution >= 0.6 is 0 Å². The average molecular weight is 231 g/mol. The van der Waals surface area contributed by atoms with Gasteiger partial charge in [0.15, 0.2) is 0 Å². The summed E-state index contributed by atoms with van der Waals surface area (Å²) in [6.45, 7) is 4.22. The van der Waals surface area contributed by atoms with Crippen LogP contribution in [0.25, 0.3) is 0 Å². The van der Waals surface area contributed by atoms with E-state index < -0.39 is 5.95 Å². The minimum Gasteiger partial charge on any atom is -0.340 e. The minimum atomic E-state index is -0.537. The summed E-state index contributed by atoms with van der Waals surface area (Å²) in [6, 6.07) is 9.20. The lowest BCUT2D eigenvalue weighted by molar-refractivity contribution is 0.580. The van der Waals surface area contributed by atoms with Crippen LogP contribution in [0.15, 0.2) is 36.7 Å². The van der Waals surface area contributed by atoms with Crippen molar-refractivity contribution >= 4 is 11.5 Å². The first-order valence-electron chi connectivity index (χ1n) is 5.50. The smallest absolute Gasteiger partial charge is 0.218 e. The normalized spacial score (nSPS) is 10.6. The van der Waals surface area contributed by atoms with Gasteiger partial charge in [-0.1, -0.05) is 32.0 Å². The molecule has 0 atom stereocenters. The van der Waals surface area contributed by atoms with E-state index in [1.54, 1.807) is 0 Å². The van der Waals surface area contributed by atoms with E-state index >= 15 is 0 Å². The lowest BCUT2D eigenvalue weighted by Crippen LogP contribution is -2.00. The van der Waals surface area contributed by atoms with Crippen LogP contribution in [0.2, 0.25) is 0 Å². The first-order valence-corrected chi connectivity index (χ1v) is 5.50. The van der Waals surface area contributed by atoms with Crippen molar-refractivity contribution in [2.24, 2.45) is 0 Å². The van der Waals surface area contributed by atoms with Gasteiger partial charge in [0.1, 0.15) is 12.1 Å². The molecule has 1 aromatic heterocycles. The Bertz CT molecular complexity index is 512. The average Bonchev–Trinajstić information content (AvgIpc) is 2.29. The summed E-state index contributed by atoms with van der Waals surface area (Å²) in [5.74, 6) is 0.320. The zero-order valence-corrected chi connectivity index (χ0v) is 9.81. The molecule has 0 saturated heterocycles. The van der Waals surface area contributed by atoms with Crippen molar-refractivity contribution in [3.8, 4) is 0 Å². The molecule has 1 aromatic carbocycles. The highest BCUT2D eigenvalue weighted by molar-refractivity contribution is 5.60. The molecule has 0 aliphatic carbocycles. The first-order chi connectivity index (χ1) is 8.16. The molecule has 3 nitrogen and oxygen atoms in total. The van der Waals surface area contributed by atoms with Gasteiger partial charge in [-0.3, -0.25) is 0 Å². The molecule has 1 N–H and O–H groups in total. The maximum Gasteiger partial charge on any atom is 0.218 e. The van der Waals surface area contributed by atoms with Gasteiger partial charge in [-0.15, -0.1) is 0 Å². The highest BCUT2D eigenvalue weighted by Gasteiger charge is 2.06. The van der Waals surface area contributed by atoms with E-state index in [9.17, 15) is 4.39 Å². The van der Waals surface area contributed by atoms with Gasteiger partial charge in [0, 0.05) is 11.8 Å². The molecule has 0 aliphatic heterocycles. The molecule has 88 valence electrons. The number of rotatable bonds is 3. The number of para-hydroxylation sites is 1. The Morgan fingerprint density at radius 2 is 1.94 bits per heavy atom. The second kappa shape index (κ2) is 4.91. The predicted molar refractivity (Wildman–Crippen MR) is 65.8 cm³/mol. The highest BCUT2D eigenvalue weighted by Crippen LogP contribution is 2.25. The van der Waals surface area contributed by atoms with Crippen LogP contribution < -0.4 is 5.32 Å². The third kappa shape index (κ3) is 2.78. The molecule has 0 fully saturated rings. The maximum atomic E-state index is 12.9. The molecule has 0 radical (unpaired) electrons. The van der Waals surface area contributed by atoms with E-state index in [4.69, 9.17) is 0 Å². The van der Waals surface area contributed by atoms with Crippen molar-refractivity contribution < 1.29 is 4.39 Å². The number of hydrogen-bond donors (Lipinski definition) is 1. The molecular formula is C13H14FN3. The molecule has 2 rings (SSSR count). The number of aromatic nitrogens is 2. The van der Waals surface area contributed by atoms with Gasteiger partial charge in [0.2, 0.25) is 5.95 Å². The Morgan fingerprint density at radius 1 is 1.18 bits per heavy atom. The number of halogens is 1. The molecule has 0 saturated carbocycles. The third-order valence-electron chi connectivity index (χ3n) is 2.48. The Labute approximate surface area is 99.7 Å². The van der Waals surface area contributed by atoms with Crippen LogP contribution in [0.4, 0.5) is 15.9 Å². The summed E-state index contributed by atoms with van der Waals surface area (Å²) in [7, 11) is 0. The number of benzene rings is 1. The topological polar surface area (TPSA) is 37.8 Å². The number of anilines is 2. The van der Waals surface area contributed by atoms with Crippen LogP contribution in [0.1, 0.15) is 25.3 Å². The van der Waals surface area contributed by atoms with Gasteiger partial charge in [-0.2, -0.15) is 4.39 Å². The molecule has 0 bridgehead atoms. The molecule has 0 unspecified atom stereocenters. The van der Waals surface area contributed by atoms with Gasteiger partial charge in [-0.05, 0) is 17.5 Å². The highest BCUT2D eigenvalue weighted by atomic mass is 19.1. The second-order valence-electron chi connectivity index (χ2n) is 4.09. The van der Waals surface area contributed by atoms with Gasteiger partial charge in [0.05, 0.1) is 0 Å². The molecule has 4 heteroatoms. The predicted octanol–water partition coefficient (Wildman–Crippen LogP) is 3.48. The fraction of sp³-hybridized carbons (Fsp3) is 0.231. The number of hydrogen-bond acceptors (Lipinski definition) is 3. The fourth-order valence-electron chi connectivity index (χ4n) is 1.65. The quantitative estimate of drug-likeness (QED) is 0.822. The minimum absolute atomic E-state index is 0.394. The Hall–Kier alpha value is -1.97. The zero-order valence-electron chi connectivity index (χ0n) is 9.81. The summed E-state index contributed by atoms with van der Waals surface area (Å²) < 4.78 is 12.9. The van der Waals surface area contributed by atoms with Gasteiger partial charge in [-0.25, -0.2) is 9.97 Å². The third-order valence-corrected chi connectivity index (χ3v) is 2.48. The van der Waals surface area contributed by atoms with E-state index in [1.165, 1.54) is 18.0 Å². The Morgan fingerprint density at radius 3 is 2.65 bits per heavy atom. The molecule has 0 aliphatic rings. The summed E-state index contributed by atoms with van der Waals surface area (Å²) in [4.78, 5) is 7.39. The molecule has 17 heavy (non-hydrogen) atoms. The van der Waals surface area contributed by atoms with Crippen LogP contribution in [0, 0.1) is 5.95 Å². The number of nitrogens with one attached hydrogen (secondary N) is 1. The monoisotopic (exact) mass is 231 g/mol. The number of nitrogens with zero attached hydrogens (tertiary/aromatic N) is 2. The van der Waals surface area contributed by atoms with Gasteiger partial charge < -0.3 is 5.32 Å². The lowest BCUT2D eigenvalue weighted by atomic mass is 10.0. The van der Waals surface area contributed by atoms with Crippen molar-refractivity contribution in [3.63, 3.8) is 0 Å². The largest absolute Gasteiger partial charge is 0.340 e. The molecule has 0 spiro atoms. The van der Waals surface area contributed by atoms with Crippen LogP contribution in [0.5, 0.6) is 0 Å². The van der Waals surface area contributed by atoms with E-state index in [2.05, 4.69) is 29.1 Å². The summed E-state index contributed by atoms with van der Waals surface area (Å²) >= 11 is 0. The molecule has 2 aromatic rings. The maximum absolute atomic E-state index is 12.9. The first kappa shape index (κ1) is 11.5. The molecular weight excluding hydrogens is 217 g/mol. The van der Waals surface area contributed by atoms with E-state index in [0.717, 1.165) is 5.69 Å². The van der Waals surface area contributed by atoms with Crippen LogP contribution in [0.3, 0.4) is 0 Å². The van der Waals surface area contributed by atoms with Crippen molar-refractivity contribution in [2.45, 2.75) is 19.8 Å². The van der Waals surface area contributed by atoms with Gasteiger partial charge >= 0.3 is 0 Å². The van der Waals surface area contributed by atoms with Crippen LogP contribution in [-0.2, 0) is 0 Å². The Kier molecular flexibility index (Phi) is 3.32.